The molecule has 6 N–H and O–H groups in total. The fourth-order valence-corrected chi connectivity index (χ4v) is 0.825. The van der Waals surface area contributed by atoms with Crippen LogP contribution in [0.1, 0.15) is 0 Å². The highest BCUT2D eigenvalue weighted by Gasteiger charge is 2.04. The van der Waals surface area contributed by atoms with Gasteiger partial charge >= 0.3 is 0 Å². The molecule has 96 valence electrons. The number of aliphatic hydroxyl groups is 3. The van der Waals surface area contributed by atoms with E-state index in [9.17, 15) is 0 Å². The molecule has 0 aliphatic rings. The van der Waals surface area contributed by atoms with Crippen molar-refractivity contribution in [3.8, 4) is 0 Å². The van der Waals surface area contributed by atoms with E-state index in [0.717, 1.165) is 0 Å². The molecule has 0 aliphatic heterocycles. The van der Waals surface area contributed by atoms with Crippen molar-refractivity contribution in [3.63, 3.8) is 0 Å². The van der Waals surface area contributed by atoms with Crippen LogP contribution in [0.15, 0.2) is 0 Å². The van der Waals surface area contributed by atoms with E-state index in [1.54, 1.807) is 0 Å². The van der Waals surface area contributed by atoms with Crippen molar-refractivity contribution in [1.29, 1.82) is 0 Å². The largest absolute Gasteiger partial charge is 0.376 e. The molecule has 0 spiro atoms. The van der Waals surface area contributed by atoms with Gasteiger partial charge in [-0.1, -0.05) is 0 Å². The van der Waals surface area contributed by atoms with Gasteiger partial charge in [-0.05, 0) is 0 Å². The van der Waals surface area contributed by atoms with E-state index in [1.807, 2.05) is 6.79 Å². The molecular weight excluding hydrogens is 232 g/mol. The Labute approximate surface area is 96.7 Å². The lowest BCUT2D eigenvalue weighted by Crippen LogP contribution is -2.13. The topological polar surface area (TPSA) is 153 Å². The minimum absolute atomic E-state index is 0.124. The van der Waals surface area contributed by atoms with Gasteiger partial charge in [0.1, 0.15) is 27.0 Å². The molecule has 0 bridgehead atoms. The van der Waals surface area contributed by atoms with Crippen LogP contribution in [0, 0.1) is 0 Å². The SMILES string of the molecule is C=O.OCNc1nc(NCO)nc(NCO)n1. The number of nitrogens with zero attached hydrogens (tertiary/aromatic N) is 3. The molecular formula is C7H14N6O4. The second-order valence-electron chi connectivity index (χ2n) is 2.31. The Balaban J connectivity index is 0.00000121. The molecule has 0 radical (unpaired) electrons. The van der Waals surface area contributed by atoms with Gasteiger partial charge in [-0.2, -0.15) is 15.0 Å². The fraction of sp³-hybridized carbons (Fsp3) is 0.429. The molecule has 1 rings (SSSR count). The van der Waals surface area contributed by atoms with Crippen molar-refractivity contribution in [2.24, 2.45) is 0 Å². The Bertz CT molecular complexity index is 265. The smallest absolute Gasteiger partial charge is 0.231 e. The van der Waals surface area contributed by atoms with Gasteiger partial charge in [-0.3, -0.25) is 0 Å². The number of nitrogens with one attached hydrogen (secondary N) is 3. The van der Waals surface area contributed by atoms with Crippen molar-refractivity contribution in [2.75, 3.05) is 36.1 Å². The predicted octanol–water partition coefficient (Wildman–Crippen LogP) is -2.23. The van der Waals surface area contributed by atoms with Crippen LogP contribution in [-0.4, -0.2) is 57.3 Å². The third-order valence-electron chi connectivity index (χ3n) is 1.35. The molecule has 0 fully saturated rings. The van der Waals surface area contributed by atoms with Crippen molar-refractivity contribution in [2.45, 2.75) is 0 Å². The summed E-state index contributed by atoms with van der Waals surface area (Å²) < 4.78 is 0. The van der Waals surface area contributed by atoms with Gasteiger partial charge in [-0.15, -0.1) is 0 Å². The quantitative estimate of drug-likeness (QED) is 0.304. The van der Waals surface area contributed by atoms with Crippen molar-refractivity contribution < 1.29 is 20.1 Å². The van der Waals surface area contributed by atoms with Crippen LogP contribution in [0.3, 0.4) is 0 Å². The maximum absolute atomic E-state index is 8.61. The summed E-state index contributed by atoms with van der Waals surface area (Å²) >= 11 is 0. The minimum Gasteiger partial charge on any atom is -0.376 e. The number of carbonyl (C=O) groups excluding carboxylic acids is 1. The Morgan fingerprint density at radius 1 is 0.765 bits per heavy atom. The first-order chi connectivity index (χ1) is 8.30. The standard InChI is InChI=1S/C6H12N6O3.CH2O/c13-1-7-4-10-5(8-2-14)12-6(11-4)9-3-15;1-2/h13-15H,1-3H2,(H3,7,8,9,10,11,12);1H2. The summed E-state index contributed by atoms with van der Waals surface area (Å²) in [6.45, 7) is 1.00. The van der Waals surface area contributed by atoms with E-state index < -0.39 is 0 Å². The number of aromatic nitrogens is 3. The zero-order valence-electron chi connectivity index (χ0n) is 8.92. The minimum atomic E-state index is -0.332. The Morgan fingerprint density at radius 3 is 1.18 bits per heavy atom. The molecule has 10 nitrogen and oxygen atoms in total. The molecule has 1 aromatic heterocycles. The van der Waals surface area contributed by atoms with Crippen LogP contribution in [0.5, 0.6) is 0 Å². The number of carbonyl (C=O) groups is 1. The van der Waals surface area contributed by atoms with Crippen LogP contribution >= 0.6 is 0 Å². The lowest BCUT2D eigenvalue weighted by Gasteiger charge is -2.07. The Hall–Kier alpha value is -2.04. The zero-order valence-corrected chi connectivity index (χ0v) is 8.92. The average molecular weight is 246 g/mol. The van der Waals surface area contributed by atoms with E-state index in [4.69, 9.17) is 20.1 Å². The van der Waals surface area contributed by atoms with Crippen LogP contribution in [0.4, 0.5) is 17.8 Å². The van der Waals surface area contributed by atoms with Gasteiger partial charge in [0.05, 0.1) is 0 Å². The highest BCUT2D eigenvalue weighted by Crippen LogP contribution is 2.07. The molecule has 1 heterocycles. The van der Waals surface area contributed by atoms with Gasteiger partial charge < -0.3 is 36.1 Å². The first-order valence-corrected chi connectivity index (χ1v) is 4.39. The van der Waals surface area contributed by atoms with Crippen molar-refractivity contribution in [3.05, 3.63) is 0 Å². The summed E-state index contributed by atoms with van der Waals surface area (Å²) in [4.78, 5) is 19.4. The molecule has 0 aliphatic carbocycles. The van der Waals surface area contributed by atoms with Crippen LogP contribution in [0.2, 0.25) is 0 Å². The zero-order chi connectivity index (χ0) is 13.1. The summed E-state index contributed by atoms with van der Waals surface area (Å²) in [5.41, 5.74) is 0. The maximum Gasteiger partial charge on any atom is 0.231 e. The molecule has 0 saturated heterocycles. The molecule has 0 atom stereocenters. The van der Waals surface area contributed by atoms with Crippen LogP contribution in [-0.2, 0) is 4.79 Å². The number of hydrogen-bond acceptors (Lipinski definition) is 10. The molecule has 0 saturated carbocycles. The van der Waals surface area contributed by atoms with E-state index in [-0.39, 0.29) is 38.0 Å². The van der Waals surface area contributed by atoms with Gasteiger partial charge in [0.15, 0.2) is 0 Å². The van der Waals surface area contributed by atoms with Gasteiger partial charge in [-0.25, -0.2) is 0 Å². The van der Waals surface area contributed by atoms with Gasteiger partial charge in [0.2, 0.25) is 17.8 Å². The summed E-state index contributed by atoms with van der Waals surface area (Å²) in [5.74, 6) is 0.373. The monoisotopic (exact) mass is 246 g/mol. The Kier molecular flexibility index (Phi) is 8.10. The lowest BCUT2D eigenvalue weighted by atomic mass is 10.8. The number of aliphatic hydroxyl groups excluding tert-OH is 3. The number of hydrogen-bond donors (Lipinski definition) is 6. The lowest BCUT2D eigenvalue weighted by molar-refractivity contribution is -0.0979. The predicted molar refractivity (Wildman–Crippen MR) is 59.1 cm³/mol. The molecule has 17 heavy (non-hydrogen) atoms. The molecule has 0 amide bonds. The van der Waals surface area contributed by atoms with E-state index in [1.165, 1.54) is 0 Å². The van der Waals surface area contributed by atoms with Crippen molar-refractivity contribution in [1.82, 2.24) is 15.0 Å². The average Bonchev–Trinajstić information content (AvgIpc) is 2.33. The fourth-order valence-electron chi connectivity index (χ4n) is 0.825. The summed E-state index contributed by atoms with van der Waals surface area (Å²) in [7, 11) is 0. The second kappa shape index (κ2) is 9.21. The molecule has 1 aromatic rings. The summed E-state index contributed by atoms with van der Waals surface area (Å²) in [5, 5.41) is 33.2. The van der Waals surface area contributed by atoms with Crippen molar-refractivity contribution >= 4 is 24.6 Å². The normalized spacial score (nSPS) is 8.88. The van der Waals surface area contributed by atoms with E-state index in [2.05, 4.69) is 30.9 Å². The molecule has 0 aromatic carbocycles. The molecule has 0 unspecified atom stereocenters. The second-order valence-corrected chi connectivity index (χ2v) is 2.31. The first-order valence-electron chi connectivity index (χ1n) is 4.39. The summed E-state index contributed by atoms with van der Waals surface area (Å²) in [6, 6.07) is 0. The Morgan fingerprint density at radius 2 is 1.00 bits per heavy atom. The van der Waals surface area contributed by atoms with E-state index in [0.29, 0.717) is 0 Å². The highest BCUT2D eigenvalue weighted by atomic mass is 16.3. The third kappa shape index (κ3) is 5.55. The van der Waals surface area contributed by atoms with Crippen LogP contribution < -0.4 is 16.0 Å². The van der Waals surface area contributed by atoms with Gasteiger partial charge in [0.25, 0.3) is 0 Å². The molecule has 10 heteroatoms. The highest BCUT2D eigenvalue weighted by molar-refractivity contribution is 5.41. The number of anilines is 3. The maximum atomic E-state index is 8.61. The number of rotatable bonds is 6. The summed E-state index contributed by atoms with van der Waals surface area (Å²) in [6.07, 6.45) is 0. The third-order valence-corrected chi connectivity index (χ3v) is 1.35. The van der Waals surface area contributed by atoms with E-state index >= 15 is 0 Å². The van der Waals surface area contributed by atoms with Gasteiger partial charge in [0, 0.05) is 0 Å². The first kappa shape index (κ1) is 15.0. The van der Waals surface area contributed by atoms with Crippen LogP contribution in [0.25, 0.3) is 0 Å².